The van der Waals surface area contributed by atoms with Crippen molar-refractivity contribution in [2.24, 2.45) is 5.92 Å². The molecular weight excluding hydrogens is 380 g/mol. The van der Waals surface area contributed by atoms with Gasteiger partial charge in [-0.1, -0.05) is 37.5 Å². The number of amides is 2. The Morgan fingerprint density at radius 1 is 1.00 bits per heavy atom. The Hall–Kier alpha value is -3.15. The topological polar surface area (TPSA) is 84.5 Å². The average molecular weight is 408 g/mol. The first-order valence-electron chi connectivity index (χ1n) is 10.4. The Morgan fingerprint density at radius 3 is 2.53 bits per heavy atom. The molecule has 1 aliphatic rings. The molecule has 2 amide bonds. The van der Waals surface area contributed by atoms with Crippen molar-refractivity contribution in [2.75, 3.05) is 5.32 Å². The van der Waals surface area contributed by atoms with Gasteiger partial charge in [-0.05, 0) is 54.7 Å². The lowest BCUT2D eigenvalue weighted by atomic mass is 9.87. The Morgan fingerprint density at radius 2 is 1.77 bits per heavy atom. The van der Waals surface area contributed by atoms with Gasteiger partial charge in [0.1, 0.15) is 5.75 Å². The quantitative estimate of drug-likeness (QED) is 0.524. The van der Waals surface area contributed by atoms with Gasteiger partial charge in [0.05, 0.1) is 0 Å². The van der Waals surface area contributed by atoms with Crippen LogP contribution in [0.1, 0.15) is 61.4 Å². The number of ether oxygens (including phenoxy) is 1. The van der Waals surface area contributed by atoms with Crippen LogP contribution in [0.2, 0.25) is 0 Å². The predicted molar refractivity (Wildman–Crippen MR) is 115 cm³/mol. The first-order valence-corrected chi connectivity index (χ1v) is 10.4. The summed E-state index contributed by atoms with van der Waals surface area (Å²) in [5.74, 6) is 0.165. The highest BCUT2D eigenvalue weighted by Gasteiger charge is 2.17. The monoisotopic (exact) mass is 408 g/mol. The molecule has 1 fully saturated rings. The number of carbonyl (C=O) groups excluding carboxylic acids is 3. The SMILES string of the molecule is CC(=O)Oc1cccc(C(=O)NCc2cccc(NC(=O)CC3CCCCC3)c2)c1. The van der Waals surface area contributed by atoms with Gasteiger partial charge in [-0.25, -0.2) is 0 Å². The van der Waals surface area contributed by atoms with Crippen LogP contribution >= 0.6 is 0 Å². The second-order valence-corrected chi connectivity index (χ2v) is 7.76. The molecule has 30 heavy (non-hydrogen) atoms. The molecule has 1 saturated carbocycles. The van der Waals surface area contributed by atoms with Crippen LogP contribution in [0.15, 0.2) is 48.5 Å². The van der Waals surface area contributed by atoms with E-state index in [1.54, 1.807) is 18.2 Å². The molecule has 0 atom stereocenters. The maximum Gasteiger partial charge on any atom is 0.308 e. The smallest absolute Gasteiger partial charge is 0.308 e. The number of esters is 1. The second kappa shape index (κ2) is 10.6. The molecule has 6 heteroatoms. The van der Waals surface area contributed by atoms with Crippen molar-refractivity contribution < 1.29 is 19.1 Å². The summed E-state index contributed by atoms with van der Waals surface area (Å²) in [4.78, 5) is 35.8. The standard InChI is InChI=1S/C24H28N2O4/c1-17(27)30-22-12-6-10-20(15-22)24(29)25-16-19-9-5-11-21(13-19)26-23(28)14-18-7-3-2-4-8-18/h5-6,9-13,15,18H,2-4,7-8,14,16H2,1H3,(H,25,29)(H,26,28). The lowest BCUT2D eigenvalue weighted by Gasteiger charge is -2.20. The zero-order chi connectivity index (χ0) is 21.3. The first kappa shape index (κ1) is 21.6. The maximum atomic E-state index is 12.4. The van der Waals surface area contributed by atoms with E-state index in [-0.39, 0.29) is 11.8 Å². The third-order valence-electron chi connectivity index (χ3n) is 5.22. The summed E-state index contributed by atoms with van der Waals surface area (Å²) >= 11 is 0. The maximum absolute atomic E-state index is 12.4. The number of benzene rings is 2. The largest absolute Gasteiger partial charge is 0.427 e. The molecule has 0 aromatic heterocycles. The van der Waals surface area contributed by atoms with Gasteiger partial charge >= 0.3 is 5.97 Å². The Kier molecular flexibility index (Phi) is 7.60. The van der Waals surface area contributed by atoms with Crippen LogP contribution in [0.4, 0.5) is 5.69 Å². The highest BCUT2D eigenvalue weighted by molar-refractivity contribution is 5.94. The van der Waals surface area contributed by atoms with E-state index >= 15 is 0 Å². The summed E-state index contributed by atoms with van der Waals surface area (Å²) in [5, 5.41) is 5.82. The molecular formula is C24H28N2O4. The molecule has 3 rings (SSSR count). The molecule has 0 bridgehead atoms. The predicted octanol–water partition coefficient (Wildman–Crippen LogP) is 4.45. The molecule has 2 N–H and O–H groups in total. The van der Waals surface area contributed by atoms with Crippen LogP contribution < -0.4 is 15.4 Å². The number of rotatable bonds is 7. The molecule has 0 saturated heterocycles. The zero-order valence-corrected chi connectivity index (χ0v) is 17.3. The van der Waals surface area contributed by atoms with E-state index in [1.807, 2.05) is 24.3 Å². The van der Waals surface area contributed by atoms with E-state index in [9.17, 15) is 14.4 Å². The number of anilines is 1. The van der Waals surface area contributed by atoms with Crippen LogP contribution in [-0.2, 0) is 16.1 Å². The fourth-order valence-corrected chi connectivity index (χ4v) is 3.78. The average Bonchev–Trinajstić information content (AvgIpc) is 2.72. The van der Waals surface area contributed by atoms with Crippen LogP contribution in [-0.4, -0.2) is 17.8 Å². The normalized spacial score (nSPS) is 14.0. The lowest BCUT2D eigenvalue weighted by molar-refractivity contribution is -0.131. The molecule has 1 aliphatic carbocycles. The van der Waals surface area contributed by atoms with Gasteiger partial charge in [-0.3, -0.25) is 14.4 Å². The van der Waals surface area contributed by atoms with Crippen molar-refractivity contribution in [3.63, 3.8) is 0 Å². The fraction of sp³-hybridized carbons (Fsp3) is 0.375. The van der Waals surface area contributed by atoms with E-state index in [4.69, 9.17) is 4.74 Å². The van der Waals surface area contributed by atoms with Gasteiger partial charge < -0.3 is 15.4 Å². The molecule has 2 aromatic carbocycles. The van der Waals surface area contributed by atoms with Gasteiger partial charge in [-0.2, -0.15) is 0 Å². The summed E-state index contributed by atoms with van der Waals surface area (Å²) < 4.78 is 5.02. The highest BCUT2D eigenvalue weighted by atomic mass is 16.5. The minimum Gasteiger partial charge on any atom is -0.427 e. The van der Waals surface area contributed by atoms with Crippen molar-refractivity contribution in [3.05, 3.63) is 59.7 Å². The summed E-state index contributed by atoms with van der Waals surface area (Å²) in [7, 11) is 0. The Labute approximate surface area is 177 Å². The molecule has 0 radical (unpaired) electrons. The molecule has 158 valence electrons. The summed E-state index contributed by atoms with van der Waals surface area (Å²) in [6.07, 6.45) is 6.56. The van der Waals surface area contributed by atoms with E-state index in [0.29, 0.717) is 30.2 Å². The summed E-state index contributed by atoms with van der Waals surface area (Å²) in [6.45, 7) is 1.64. The molecule has 2 aromatic rings. The minimum absolute atomic E-state index is 0.0466. The summed E-state index contributed by atoms with van der Waals surface area (Å²) in [5.41, 5.74) is 2.03. The van der Waals surface area contributed by atoms with E-state index in [0.717, 1.165) is 24.1 Å². The van der Waals surface area contributed by atoms with Crippen molar-refractivity contribution in [1.82, 2.24) is 5.32 Å². The van der Waals surface area contributed by atoms with E-state index in [1.165, 1.54) is 32.3 Å². The van der Waals surface area contributed by atoms with Crippen LogP contribution in [0.5, 0.6) is 5.75 Å². The van der Waals surface area contributed by atoms with Crippen molar-refractivity contribution >= 4 is 23.5 Å². The highest BCUT2D eigenvalue weighted by Crippen LogP contribution is 2.26. The summed E-state index contributed by atoms with van der Waals surface area (Å²) in [6, 6.07) is 13.9. The molecule has 0 unspecified atom stereocenters. The number of carbonyl (C=O) groups is 3. The van der Waals surface area contributed by atoms with Crippen molar-refractivity contribution in [3.8, 4) is 5.75 Å². The molecule has 6 nitrogen and oxygen atoms in total. The Bertz CT molecular complexity index is 904. The van der Waals surface area contributed by atoms with Gasteiger partial charge in [0.2, 0.25) is 5.91 Å². The third-order valence-corrected chi connectivity index (χ3v) is 5.22. The van der Waals surface area contributed by atoms with E-state index in [2.05, 4.69) is 10.6 Å². The number of nitrogens with one attached hydrogen (secondary N) is 2. The molecule has 0 aliphatic heterocycles. The fourth-order valence-electron chi connectivity index (χ4n) is 3.78. The Balaban J connectivity index is 1.53. The number of hydrogen-bond donors (Lipinski definition) is 2. The third kappa shape index (κ3) is 6.72. The van der Waals surface area contributed by atoms with Gasteiger partial charge in [0.25, 0.3) is 5.91 Å². The zero-order valence-electron chi connectivity index (χ0n) is 17.3. The molecule has 0 heterocycles. The van der Waals surface area contributed by atoms with Crippen molar-refractivity contribution in [1.29, 1.82) is 0 Å². The second-order valence-electron chi connectivity index (χ2n) is 7.76. The van der Waals surface area contributed by atoms with Crippen molar-refractivity contribution in [2.45, 2.75) is 52.0 Å². The minimum atomic E-state index is -0.435. The van der Waals surface area contributed by atoms with Gasteiger partial charge in [0.15, 0.2) is 0 Å². The molecule has 0 spiro atoms. The van der Waals surface area contributed by atoms with E-state index < -0.39 is 5.97 Å². The van der Waals surface area contributed by atoms with Crippen LogP contribution in [0.25, 0.3) is 0 Å². The van der Waals surface area contributed by atoms with Crippen LogP contribution in [0.3, 0.4) is 0 Å². The lowest BCUT2D eigenvalue weighted by Crippen LogP contribution is -2.23. The van der Waals surface area contributed by atoms with Gasteiger partial charge in [0, 0.05) is 31.1 Å². The van der Waals surface area contributed by atoms with Gasteiger partial charge in [-0.15, -0.1) is 0 Å². The number of hydrogen-bond acceptors (Lipinski definition) is 4. The first-order chi connectivity index (χ1) is 14.5. The van der Waals surface area contributed by atoms with Crippen LogP contribution in [0, 0.1) is 5.92 Å².